The third kappa shape index (κ3) is 3.93. The predicted octanol–water partition coefficient (Wildman–Crippen LogP) is 3.11. The van der Waals surface area contributed by atoms with Gasteiger partial charge in [0.05, 0.1) is 0 Å². The highest BCUT2D eigenvalue weighted by atomic mass is 79.9. The summed E-state index contributed by atoms with van der Waals surface area (Å²) in [6, 6.07) is 5.38. The van der Waals surface area contributed by atoms with Crippen LogP contribution in [-0.4, -0.2) is 29.4 Å². The first-order valence-corrected chi connectivity index (χ1v) is 6.32. The molecule has 0 fully saturated rings. The van der Waals surface area contributed by atoms with Crippen LogP contribution in [0.5, 0.6) is 0 Å². The Balaban J connectivity index is 2.56. The average Bonchev–Trinajstić information content (AvgIpc) is 2.28. The van der Waals surface area contributed by atoms with Crippen LogP contribution in [0.25, 0.3) is 0 Å². The van der Waals surface area contributed by atoms with Crippen molar-refractivity contribution in [3.63, 3.8) is 0 Å². The van der Waals surface area contributed by atoms with E-state index in [0.29, 0.717) is 10.3 Å². The molecule has 0 aliphatic rings. The molecule has 1 rings (SSSR count). The lowest BCUT2D eigenvalue weighted by Gasteiger charge is -2.16. The summed E-state index contributed by atoms with van der Waals surface area (Å²) >= 11 is 3.26. The highest BCUT2D eigenvalue weighted by Gasteiger charge is 2.12. The van der Waals surface area contributed by atoms with Crippen molar-refractivity contribution in [1.82, 2.24) is 9.88 Å². The molecule has 0 radical (unpaired) electrons. The van der Waals surface area contributed by atoms with Crippen molar-refractivity contribution >= 4 is 21.8 Å². The second-order valence-electron chi connectivity index (χ2n) is 3.78. The average molecular weight is 285 g/mol. The normalized spacial score (nSPS) is 10.2. The van der Waals surface area contributed by atoms with Gasteiger partial charge in [-0.05, 0) is 34.5 Å². The van der Waals surface area contributed by atoms with Crippen molar-refractivity contribution in [3.8, 4) is 0 Å². The molecule has 0 aromatic carbocycles. The quantitative estimate of drug-likeness (QED) is 0.615. The van der Waals surface area contributed by atoms with E-state index in [2.05, 4.69) is 27.8 Å². The summed E-state index contributed by atoms with van der Waals surface area (Å²) in [7, 11) is 1.82. The number of carbonyl (C=O) groups excluding carboxylic acids is 1. The van der Waals surface area contributed by atoms with Crippen LogP contribution in [0, 0.1) is 0 Å². The van der Waals surface area contributed by atoms with Gasteiger partial charge in [0.2, 0.25) is 0 Å². The molecule has 3 nitrogen and oxygen atoms in total. The zero-order valence-corrected chi connectivity index (χ0v) is 11.3. The van der Waals surface area contributed by atoms with Crippen molar-refractivity contribution < 1.29 is 4.79 Å². The van der Waals surface area contributed by atoms with Crippen LogP contribution in [-0.2, 0) is 0 Å². The summed E-state index contributed by atoms with van der Waals surface area (Å²) in [5.74, 6) is -0.0163. The fraction of sp³-hybridized carbons (Fsp3) is 0.500. The minimum absolute atomic E-state index is 0.0163. The van der Waals surface area contributed by atoms with Gasteiger partial charge in [-0.25, -0.2) is 4.98 Å². The Morgan fingerprint density at radius 2 is 2.19 bits per heavy atom. The monoisotopic (exact) mass is 284 g/mol. The molecule has 0 bridgehead atoms. The Morgan fingerprint density at radius 1 is 1.44 bits per heavy atom. The highest BCUT2D eigenvalue weighted by Crippen LogP contribution is 2.08. The molecular formula is C12H17BrN2O. The van der Waals surface area contributed by atoms with E-state index in [0.717, 1.165) is 25.8 Å². The van der Waals surface area contributed by atoms with Crippen molar-refractivity contribution in [1.29, 1.82) is 0 Å². The van der Waals surface area contributed by atoms with E-state index >= 15 is 0 Å². The van der Waals surface area contributed by atoms with Gasteiger partial charge >= 0.3 is 0 Å². The van der Waals surface area contributed by atoms with Gasteiger partial charge in [-0.1, -0.05) is 25.8 Å². The molecule has 0 saturated heterocycles. The van der Waals surface area contributed by atoms with Gasteiger partial charge in [-0.15, -0.1) is 0 Å². The van der Waals surface area contributed by atoms with Crippen LogP contribution in [0.15, 0.2) is 22.8 Å². The van der Waals surface area contributed by atoms with Crippen LogP contribution in [0.1, 0.15) is 36.7 Å². The Bertz CT molecular complexity index is 355. The summed E-state index contributed by atoms with van der Waals surface area (Å²) in [6.07, 6.45) is 3.37. The number of nitrogens with zero attached hydrogens (tertiary/aromatic N) is 2. The molecule has 0 unspecified atom stereocenters. The molecule has 1 aromatic heterocycles. The lowest BCUT2D eigenvalue weighted by atomic mass is 10.2. The molecule has 1 heterocycles. The zero-order valence-electron chi connectivity index (χ0n) is 9.74. The fourth-order valence-corrected chi connectivity index (χ4v) is 1.77. The molecule has 16 heavy (non-hydrogen) atoms. The molecule has 1 amide bonds. The molecule has 0 saturated carbocycles. The molecular weight excluding hydrogens is 268 g/mol. The molecule has 0 atom stereocenters. The number of halogens is 1. The maximum atomic E-state index is 11.9. The molecule has 0 N–H and O–H groups in total. The molecule has 0 aliphatic heterocycles. The first kappa shape index (κ1) is 13.2. The number of carbonyl (C=O) groups is 1. The van der Waals surface area contributed by atoms with Gasteiger partial charge in [-0.3, -0.25) is 4.79 Å². The fourth-order valence-electron chi connectivity index (χ4n) is 1.42. The molecule has 0 spiro atoms. The lowest BCUT2D eigenvalue weighted by molar-refractivity contribution is 0.0786. The van der Waals surface area contributed by atoms with Crippen molar-refractivity contribution in [3.05, 3.63) is 28.5 Å². The van der Waals surface area contributed by atoms with E-state index in [9.17, 15) is 4.79 Å². The largest absolute Gasteiger partial charge is 0.340 e. The minimum Gasteiger partial charge on any atom is -0.340 e. The number of hydrogen-bond donors (Lipinski definition) is 0. The van der Waals surface area contributed by atoms with E-state index in [1.807, 2.05) is 19.2 Å². The van der Waals surface area contributed by atoms with Crippen molar-refractivity contribution in [2.75, 3.05) is 13.6 Å². The Labute approximate surface area is 105 Å². The number of amides is 1. The van der Waals surface area contributed by atoms with Crippen molar-refractivity contribution in [2.45, 2.75) is 26.2 Å². The topological polar surface area (TPSA) is 33.2 Å². The number of unbranched alkanes of at least 4 members (excludes halogenated alkanes) is 2. The zero-order chi connectivity index (χ0) is 12.0. The van der Waals surface area contributed by atoms with Crippen LogP contribution >= 0.6 is 15.9 Å². The minimum atomic E-state index is -0.0163. The SMILES string of the molecule is CCCCCN(C)C(=O)c1cccc(Br)n1. The summed E-state index contributed by atoms with van der Waals surface area (Å²) in [4.78, 5) is 17.8. The van der Waals surface area contributed by atoms with E-state index < -0.39 is 0 Å². The summed E-state index contributed by atoms with van der Waals surface area (Å²) < 4.78 is 0.695. The third-order valence-electron chi connectivity index (χ3n) is 2.38. The van der Waals surface area contributed by atoms with Gasteiger partial charge in [0, 0.05) is 13.6 Å². The van der Waals surface area contributed by atoms with Crippen LogP contribution in [0.3, 0.4) is 0 Å². The molecule has 88 valence electrons. The Hall–Kier alpha value is -0.900. The second-order valence-corrected chi connectivity index (χ2v) is 4.59. The van der Waals surface area contributed by atoms with E-state index in [-0.39, 0.29) is 5.91 Å². The van der Waals surface area contributed by atoms with Gasteiger partial charge in [0.25, 0.3) is 5.91 Å². The number of hydrogen-bond acceptors (Lipinski definition) is 2. The Kier molecular flexibility index (Phi) is 5.46. The summed E-state index contributed by atoms with van der Waals surface area (Å²) in [5, 5.41) is 0. The van der Waals surface area contributed by atoms with E-state index in [4.69, 9.17) is 0 Å². The standard InChI is InChI=1S/C12H17BrN2O/c1-3-4-5-9-15(2)12(16)10-7-6-8-11(13)14-10/h6-8H,3-5,9H2,1-2H3. The van der Waals surface area contributed by atoms with Crippen LogP contribution in [0.4, 0.5) is 0 Å². The Morgan fingerprint density at radius 3 is 2.81 bits per heavy atom. The van der Waals surface area contributed by atoms with Crippen molar-refractivity contribution in [2.24, 2.45) is 0 Å². The highest BCUT2D eigenvalue weighted by molar-refractivity contribution is 9.10. The number of rotatable bonds is 5. The maximum Gasteiger partial charge on any atom is 0.272 e. The molecule has 0 aliphatic carbocycles. The predicted molar refractivity (Wildman–Crippen MR) is 68.4 cm³/mol. The first-order chi connectivity index (χ1) is 7.65. The maximum absolute atomic E-state index is 11.9. The van der Waals surface area contributed by atoms with Gasteiger partial charge < -0.3 is 4.90 Å². The molecule has 1 aromatic rings. The summed E-state index contributed by atoms with van der Waals surface area (Å²) in [5.41, 5.74) is 0.494. The smallest absolute Gasteiger partial charge is 0.272 e. The third-order valence-corrected chi connectivity index (χ3v) is 2.82. The lowest BCUT2D eigenvalue weighted by Crippen LogP contribution is -2.28. The van der Waals surface area contributed by atoms with Gasteiger partial charge in [0.15, 0.2) is 0 Å². The van der Waals surface area contributed by atoms with Crippen LogP contribution in [0.2, 0.25) is 0 Å². The van der Waals surface area contributed by atoms with Gasteiger partial charge in [-0.2, -0.15) is 0 Å². The number of aromatic nitrogens is 1. The van der Waals surface area contributed by atoms with E-state index in [1.54, 1.807) is 11.0 Å². The van der Waals surface area contributed by atoms with Gasteiger partial charge in [0.1, 0.15) is 10.3 Å². The second kappa shape index (κ2) is 6.63. The first-order valence-electron chi connectivity index (χ1n) is 5.53. The van der Waals surface area contributed by atoms with E-state index in [1.165, 1.54) is 0 Å². The summed E-state index contributed by atoms with van der Waals surface area (Å²) in [6.45, 7) is 2.94. The van der Waals surface area contributed by atoms with Crippen LogP contribution < -0.4 is 0 Å². The molecule has 4 heteroatoms. The number of pyridine rings is 1.